The average molecular weight is 224 g/mol. The maximum atomic E-state index is 11.5. The normalized spacial score (nSPS) is 10.6. The zero-order valence-corrected chi connectivity index (χ0v) is 9.04. The minimum Gasteiger partial charge on any atom is -0.298 e. The van der Waals surface area contributed by atoms with Crippen molar-refractivity contribution in [1.29, 1.82) is 0 Å². The van der Waals surface area contributed by atoms with E-state index in [0.717, 1.165) is 17.2 Å². The van der Waals surface area contributed by atoms with Crippen LogP contribution in [-0.2, 0) is 5.11 Å². The lowest BCUT2D eigenvalue weighted by Crippen LogP contribution is -1.95. The van der Waals surface area contributed by atoms with Crippen molar-refractivity contribution in [2.24, 2.45) is 0 Å². The maximum absolute atomic E-state index is 11.5. The van der Waals surface area contributed by atoms with Crippen molar-refractivity contribution in [3.63, 3.8) is 0 Å². The molecule has 0 N–H and O–H groups in total. The van der Waals surface area contributed by atoms with Crippen LogP contribution in [0.4, 0.5) is 0 Å². The monoisotopic (exact) mass is 224 g/mol. The highest BCUT2D eigenvalue weighted by Crippen LogP contribution is 2.18. The number of hydrogen-bond donors (Lipinski definition) is 0. The molecular formula is C14H10NO2. The van der Waals surface area contributed by atoms with Crippen molar-refractivity contribution in [3.8, 4) is 11.1 Å². The third-order valence-corrected chi connectivity index (χ3v) is 2.35. The number of carbonyl (C=O) groups is 1. The van der Waals surface area contributed by atoms with Gasteiger partial charge < -0.3 is 0 Å². The summed E-state index contributed by atoms with van der Waals surface area (Å²) in [4.78, 5) is 15.5. The van der Waals surface area contributed by atoms with Crippen molar-refractivity contribution in [3.05, 3.63) is 66.7 Å². The fraction of sp³-hybridized carbons (Fsp3) is 0. The molecule has 1 heterocycles. The lowest BCUT2D eigenvalue weighted by Gasteiger charge is -2.02. The van der Waals surface area contributed by atoms with E-state index in [-0.39, 0.29) is 5.78 Å². The van der Waals surface area contributed by atoms with Gasteiger partial charge in [0, 0.05) is 29.6 Å². The smallest absolute Gasteiger partial charge is 0.190 e. The summed E-state index contributed by atoms with van der Waals surface area (Å²) in [7, 11) is 0. The van der Waals surface area contributed by atoms with E-state index in [2.05, 4.69) is 4.98 Å². The van der Waals surface area contributed by atoms with Gasteiger partial charge in [-0.3, -0.25) is 14.9 Å². The van der Waals surface area contributed by atoms with Crippen LogP contribution < -0.4 is 0 Å². The summed E-state index contributed by atoms with van der Waals surface area (Å²) in [5.74, 6) is -0.328. The van der Waals surface area contributed by atoms with Gasteiger partial charge in [0.1, 0.15) is 6.26 Å². The third kappa shape index (κ3) is 2.58. The second-order valence-electron chi connectivity index (χ2n) is 3.50. The fourth-order valence-corrected chi connectivity index (χ4v) is 1.52. The summed E-state index contributed by atoms with van der Waals surface area (Å²) in [6.45, 7) is 0. The molecule has 0 saturated carbocycles. The van der Waals surface area contributed by atoms with Crippen LogP contribution in [0, 0.1) is 0 Å². The standard InChI is InChI=1S/C14H10NO2/c16-7-6-14(17)13-8-12(9-15-10-13)11-4-2-1-3-5-11/h1-10H. The molecule has 1 aromatic heterocycles. The Hall–Kier alpha value is -2.42. The first-order valence-corrected chi connectivity index (χ1v) is 5.14. The summed E-state index contributed by atoms with van der Waals surface area (Å²) in [6, 6.07) is 11.4. The molecule has 3 nitrogen and oxygen atoms in total. The Labute approximate surface area is 99.1 Å². The molecule has 0 unspecified atom stereocenters. The van der Waals surface area contributed by atoms with Crippen molar-refractivity contribution in [2.45, 2.75) is 0 Å². The molecule has 1 aromatic carbocycles. The van der Waals surface area contributed by atoms with Crippen LogP contribution in [0.15, 0.2) is 61.1 Å². The van der Waals surface area contributed by atoms with Gasteiger partial charge in [0.15, 0.2) is 5.78 Å². The zero-order chi connectivity index (χ0) is 12.1. The predicted octanol–water partition coefficient (Wildman–Crippen LogP) is 2.88. The van der Waals surface area contributed by atoms with E-state index in [0.29, 0.717) is 11.8 Å². The van der Waals surface area contributed by atoms with Gasteiger partial charge in [0.2, 0.25) is 0 Å². The van der Waals surface area contributed by atoms with Gasteiger partial charge in [-0.25, -0.2) is 0 Å². The predicted molar refractivity (Wildman–Crippen MR) is 63.8 cm³/mol. The first-order chi connectivity index (χ1) is 8.31. The van der Waals surface area contributed by atoms with E-state index < -0.39 is 0 Å². The number of nitrogens with zero attached hydrogens (tertiary/aromatic N) is 1. The summed E-state index contributed by atoms with van der Waals surface area (Å²) < 4.78 is 0. The fourth-order valence-electron chi connectivity index (χ4n) is 1.52. The van der Waals surface area contributed by atoms with Crippen LogP contribution in [0.3, 0.4) is 0 Å². The summed E-state index contributed by atoms with van der Waals surface area (Å²) in [5, 5.41) is 10.2. The van der Waals surface area contributed by atoms with Crippen LogP contribution in [0.1, 0.15) is 10.4 Å². The SMILES string of the molecule is [O]C=CC(=O)c1cncc(-c2ccccc2)c1. The van der Waals surface area contributed by atoms with E-state index in [1.807, 2.05) is 30.3 Å². The van der Waals surface area contributed by atoms with Gasteiger partial charge in [-0.05, 0) is 11.6 Å². The molecular weight excluding hydrogens is 214 g/mol. The molecule has 0 atom stereocenters. The second-order valence-corrected chi connectivity index (χ2v) is 3.50. The Kier molecular flexibility index (Phi) is 3.31. The van der Waals surface area contributed by atoms with Crippen molar-refractivity contribution >= 4 is 5.78 Å². The van der Waals surface area contributed by atoms with Crippen LogP contribution in [-0.4, -0.2) is 10.8 Å². The van der Waals surface area contributed by atoms with Crippen molar-refractivity contribution < 1.29 is 9.90 Å². The largest absolute Gasteiger partial charge is 0.298 e. The topological polar surface area (TPSA) is 49.9 Å². The Bertz CT molecular complexity index is 547. The number of pyridine rings is 1. The molecule has 0 saturated heterocycles. The molecule has 0 fully saturated rings. The zero-order valence-electron chi connectivity index (χ0n) is 9.04. The first kappa shape index (κ1) is 11.1. The molecule has 1 radical (unpaired) electrons. The maximum Gasteiger partial charge on any atom is 0.190 e. The highest BCUT2D eigenvalue weighted by atomic mass is 16.2. The lowest BCUT2D eigenvalue weighted by molar-refractivity contribution is 0.104. The van der Waals surface area contributed by atoms with Gasteiger partial charge >= 0.3 is 0 Å². The number of allylic oxidation sites excluding steroid dienone is 1. The Balaban J connectivity index is 2.39. The molecule has 0 amide bonds. The third-order valence-electron chi connectivity index (χ3n) is 2.35. The molecule has 3 heteroatoms. The molecule has 0 aliphatic rings. The van der Waals surface area contributed by atoms with Gasteiger partial charge in [-0.2, -0.15) is 0 Å². The van der Waals surface area contributed by atoms with Crippen LogP contribution >= 0.6 is 0 Å². The molecule has 2 aromatic rings. The Morgan fingerprint density at radius 3 is 2.53 bits per heavy atom. The molecule has 0 aliphatic carbocycles. The Morgan fingerprint density at radius 2 is 1.82 bits per heavy atom. The number of benzene rings is 1. The number of aromatic nitrogens is 1. The van der Waals surface area contributed by atoms with Gasteiger partial charge in [-0.1, -0.05) is 30.3 Å². The van der Waals surface area contributed by atoms with Crippen LogP contribution in [0.2, 0.25) is 0 Å². The summed E-state index contributed by atoms with van der Waals surface area (Å²) in [6.07, 6.45) is 4.62. The molecule has 83 valence electrons. The summed E-state index contributed by atoms with van der Waals surface area (Å²) in [5.41, 5.74) is 2.26. The van der Waals surface area contributed by atoms with Crippen molar-refractivity contribution in [1.82, 2.24) is 4.98 Å². The number of carbonyl (C=O) groups excluding carboxylic acids is 1. The highest BCUT2D eigenvalue weighted by molar-refractivity contribution is 6.04. The van der Waals surface area contributed by atoms with E-state index in [1.165, 1.54) is 6.20 Å². The van der Waals surface area contributed by atoms with E-state index in [4.69, 9.17) is 0 Å². The molecule has 0 aliphatic heterocycles. The van der Waals surface area contributed by atoms with Gasteiger partial charge in [0.05, 0.1) is 0 Å². The number of rotatable bonds is 3. The second kappa shape index (κ2) is 5.07. The van der Waals surface area contributed by atoms with Gasteiger partial charge in [-0.15, -0.1) is 0 Å². The number of ketones is 1. The average Bonchev–Trinajstić information content (AvgIpc) is 2.40. The Morgan fingerprint density at radius 1 is 1.06 bits per heavy atom. The number of hydrogen-bond acceptors (Lipinski definition) is 2. The van der Waals surface area contributed by atoms with E-state index >= 15 is 0 Å². The first-order valence-electron chi connectivity index (χ1n) is 5.14. The minimum absolute atomic E-state index is 0.328. The molecule has 0 bridgehead atoms. The van der Waals surface area contributed by atoms with Crippen LogP contribution in [0.5, 0.6) is 0 Å². The van der Waals surface area contributed by atoms with E-state index in [9.17, 15) is 9.90 Å². The quantitative estimate of drug-likeness (QED) is 0.457. The molecule has 2 rings (SSSR count). The van der Waals surface area contributed by atoms with Crippen molar-refractivity contribution in [2.75, 3.05) is 0 Å². The highest BCUT2D eigenvalue weighted by Gasteiger charge is 2.04. The molecule has 0 spiro atoms. The van der Waals surface area contributed by atoms with Crippen LogP contribution in [0.25, 0.3) is 11.1 Å². The summed E-state index contributed by atoms with van der Waals surface area (Å²) >= 11 is 0. The molecule has 17 heavy (non-hydrogen) atoms. The van der Waals surface area contributed by atoms with Gasteiger partial charge in [0.25, 0.3) is 0 Å². The lowest BCUT2D eigenvalue weighted by atomic mass is 10.0. The van der Waals surface area contributed by atoms with E-state index in [1.54, 1.807) is 12.3 Å². The minimum atomic E-state index is -0.328.